The van der Waals surface area contributed by atoms with Gasteiger partial charge in [-0.15, -0.1) is 10.2 Å². The van der Waals surface area contributed by atoms with Crippen molar-refractivity contribution in [3.8, 4) is 11.5 Å². The zero-order valence-electron chi connectivity index (χ0n) is 13.3. The van der Waals surface area contributed by atoms with Gasteiger partial charge in [0.2, 0.25) is 11.8 Å². The Hall–Kier alpha value is -1.86. The minimum atomic E-state index is -0.128. The van der Waals surface area contributed by atoms with Crippen LogP contribution in [0.2, 0.25) is 0 Å². The maximum Gasteiger partial charge on any atom is 0.277 e. The normalized spacial score (nSPS) is 22.2. The fourth-order valence-corrected chi connectivity index (χ4v) is 4.14. The van der Waals surface area contributed by atoms with Crippen molar-refractivity contribution in [2.75, 3.05) is 19.8 Å². The molecule has 1 atom stereocenters. The van der Waals surface area contributed by atoms with Gasteiger partial charge < -0.3 is 14.1 Å². The van der Waals surface area contributed by atoms with E-state index in [9.17, 15) is 4.79 Å². The van der Waals surface area contributed by atoms with Crippen molar-refractivity contribution in [2.45, 2.75) is 35.8 Å². The Morgan fingerprint density at radius 3 is 2.67 bits per heavy atom. The second-order valence-electron chi connectivity index (χ2n) is 6.01. The molecule has 2 aliphatic heterocycles. The monoisotopic (exact) mass is 345 g/mol. The lowest BCUT2D eigenvalue weighted by molar-refractivity contribution is -0.130. The number of nitrogens with zero attached hydrogens (tertiary/aromatic N) is 3. The molecule has 24 heavy (non-hydrogen) atoms. The zero-order chi connectivity index (χ0) is 16.4. The van der Waals surface area contributed by atoms with Gasteiger partial charge >= 0.3 is 0 Å². The minimum absolute atomic E-state index is 0.128. The summed E-state index contributed by atoms with van der Waals surface area (Å²) < 4.78 is 11.1. The largest absolute Gasteiger partial charge is 0.411 e. The molecule has 3 heterocycles. The van der Waals surface area contributed by atoms with Gasteiger partial charge in [-0.3, -0.25) is 4.79 Å². The van der Waals surface area contributed by atoms with Crippen molar-refractivity contribution in [3.63, 3.8) is 0 Å². The van der Waals surface area contributed by atoms with Gasteiger partial charge in [0.15, 0.2) is 0 Å². The van der Waals surface area contributed by atoms with Gasteiger partial charge in [-0.25, -0.2) is 0 Å². The number of benzene rings is 1. The molecule has 0 aliphatic carbocycles. The number of carbonyl (C=O) groups is 1. The Bertz CT molecular complexity index is 700. The van der Waals surface area contributed by atoms with Gasteiger partial charge in [0.25, 0.3) is 5.22 Å². The van der Waals surface area contributed by atoms with Crippen LogP contribution >= 0.6 is 11.8 Å². The number of hydrogen-bond donors (Lipinski definition) is 0. The summed E-state index contributed by atoms with van der Waals surface area (Å²) in [5, 5.41) is 8.50. The molecule has 0 radical (unpaired) electrons. The Morgan fingerprint density at radius 2 is 1.88 bits per heavy atom. The fraction of sp³-hybridized carbons (Fsp3) is 0.471. The molecule has 6 nitrogen and oxygen atoms in total. The maximum atomic E-state index is 12.7. The van der Waals surface area contributed by atoms with Crippen molar-refractivity contribution in [1.29, 1.82) is 0 Å². The van der Waals surface area contributed by atoms with Gasteiger partial charge in [0.05, 0.1) is 5.25 Å². The molecule has 7 heteroatoms. The molecule has 0 N–H and O–H groups in total. The number of likely N-dealkylation sites (tertiary alicyclic amines) is 1. The topological polar surface area (TPSA) is 68.5 Å². The number of rotatable bonds is 4. The summed E-state index contributed by atoms with van der Waals surface area (Å²) in [7, 11) is 0. The summed E-state index contributed by atoms with van der Waals surface area (Å²) in [5.41, 5.74) is 0.887. The van der Waals surface area contributed by atoms with Gasteiger partial charge in [0.1, 0.15) is 0 Å². The quantitative estimate of drug-likeness (QED) is 0.848. The van der Waals surface area contributed by atoms with Crippen molar-refractivity contribution in [1.82, 2.24) is 15.1 Å². The van der Waals surface area contributed by atoms with E-state index < -0.39 is 0 Å². The molecule has 126 valence electrons. The van der Waals surface area contributed by atoms with Gasteiger partial charge in [-0.05, 0) is 31.4 Å². The first-order valence-electron chi connectivity index (χ1n) is 8.25. The standard InChI is InChI=1S/C17H19N3O3S/c21-16-14(6-9-20(16)13-7-10-22-11-8-13)24-17-19-18-15(23-17)12-4-2-1-3-5-12/h1-5,13-14H,6-11H2. The molecule has 1 unspecified atom stereocenters. The fourth-order valence-electron chi connectivity index (χ4n) is 3.22. The lowest BCUT2D eigenvalue weighted by Gasteiger charge is -2.31. The van der Waals surface area contributed by atoms with E-state index in [0.29, 0.717) is 17.2 Å². The van der Waals surface area contributed by atoms with E-state index in [4.69, 9.17) is 9.15 Å². The van der Waals surface area contributed by atoms with Gasteiger partial charge in [-0.1, -0.05) is 30.0 Å². The molecule has 2 aromatic rings. The van der Waals surface area contributed by atoms with E-state index >= 15 is 0 Å². The number of carbonyl (C=O) groups excluding carboxylic acids is 1. The molecule has 4 rings (SSSR count). The van der Waals surface area contributed by atoms with Gasteiger partial charge in [-0.2, -0.15) is 0 Å². The van der Waals surface area contributed by atoms with Gasteiger partial charge in [0, 0.05) is 31.4 Å². The minimum Gasteiger partial charge on any atom is -0.411 e. The number of ether oxygens (including phenoxy) is 1. The van der Waals surface area contributed by atoms with Crippen LogP contribution in [0.1, 0.15) is 19.3 Å². The van der Waals surface area contributed by atoms with Crippen LogP contribution < -0.4 is 0 Å². The summed E-state index contributed by atoms with van der Waals surface area (Å²) in [5.74, 6) is 0.677. The molecule has 1 aromatic carbocycles. The molecule has 0 spiro atoms. The number of aromatic nitrogens is 2. The van der Waals surface area contributed by atoms with Crippen LogP contribution in [0.15, 0.2) is 40.0 Å². The van der Waals surface area contributed by atoms with Crippen LogP contribution in [0.4, 0.5) is 0 Å². The molecule has 0 bridgehead atoms. The van der Waals surface area contributed by atoms with Crippen LogP contribution in [-0.2, 0) is 9.53 Å². The van der Waals surface area contributed by atoms with Crippen molar-refractivity contribution in [3.05, 3.63) is 30.3 Å². The highest BCUT2D eigenvalue weighted by Gasteiger charge is 2.37. The summed E-state index contributed by atoms with van der Waals surface area (Å²) in [6.45, 7) is 2.30. The molecule has 0 saturated carbocycles. The third-order valence-corrected chi connectivity index (χ3v) is 5.58. The third-order valence-electron chi connectivity index (χ3n) is 4.49. The molecule has 1 aromatic heterocycles. The van der Waals surface area contributed by atoms with E-state index in [1.54, 1.807) is 0 Å². The summed E-state index contributed by atoms with van der Waals surface area (Å²) in [6.07, 6.45) is 2.69. The average molecular weight is 345 g/mol. The molecular weight excluding hydrogens is 326 g/mol. The lowest BCUT2D eigenvalue weighted by Crippen LogP contribution is -2.41. The average Bonchev–Trinajstić information content (AvgIpc) is 3.25. The molecule has 2 saturated heterocycles. The molecule has 2 aliphatic rings. The first-order chi connectivity index (χ1) is 11.8. The predicted molar refractivity (Wildman–Crippen MR) is 89.6 cm³/mol. The van der Waals surface area contributed by atoms with E-state index in [2.05, 4.69) is 10.2 Å². The summed E-state index contributed by atoms with van der Waals surface area (Å²) in [6, 6.07) is 9.97. The van der Waals surface area contributed by atoms with Crippen LogP contribution in [0, 0.1) is 0 Å². The predicted octanol–water partition coefficient (Wildman–Crippen LogP) is 2.61. The van der Waals surface area contributed by atoms with E-state index in [-0.39, 0.29) is 11.2 Å². The lowest BCUT2D eigenvalue weighted by atomic mass is 10.1. The van der Waals surface area contributed by atoms with Crippen molar-refractivity contribution in [2.24, 2.45) is 0 Å². The maximum absolute atomic E-state index is 12.7. The Morgan fingerprint density at radius 1 is 1.08 bits per heavy atom. The molecular formula is C17H19N3O3S. The highest BCUT2D eigenvalue weighted by atomic mass is 32.2. The van der Waals surface area contributed by atoms with Crippen LogP contribution in [0.5, 0.6) is 0 Å². The first kappa shape index (κ1) is 15.7. The smallest absolute Gasteiger partial charge is 0.277 e. The Kier molecular flexibility index (Phi) is 4.53. The number of hydrogen-bond acceptors (Lipinski definition) is 6. The van der Waals surface area contributed by atoms with Crippen LogP contribution in [0.3, 0.4) is 0 Å². The zero-order valence-corrected chi connectivity index (χ0v) is 14.1. The highest BCUT2D eigenvalue weighted by molar-refractivity contribution is 8.00. The second kappa shape index (κ2) is 6.94. The van der Waals surface area contributed by atoms with Crippen molar-refractivity contribution < 1.29 is 13.9 Å². The highest BCUT2D eigenvalue weighted by Crippen LogP contribution is 2.33. The van der Waals surface area contributed by atoms with E-state index in [1.807, 2.05) is 35.2 Å². The van der Waals surface area contributed by atoms with E-state index in [0.717, 1.165) is 44.6 Å². The number of thioether (sulfide) groups is 1. The summed E-state index contributed by atoms with van der Waals surface area (Å²) >= 11 is 1.38. The SMILES string of the molecule is O=C1C(Sc2nnc(-c3ccccc3)o2)CCN1C1CCOCC1. The Labute approximate surface area is 144 Å². The third kappa shape index (κ3) is 3.18. The molecule has 1 amide bonds. The first-order valence-corrected chi connectivity index (χ1v) is 9.13. The Balaban J connectivity index is 1.41. The van der Waals surface area contributed by atoms with Crippen molar-refractivity contribution >= 4 is 17.7 Å². The van der Waals surface area contributed by atoms with Crippen LogP contribution in [-0.4, -0.2) is 52.1 Å². The van der Waals surface area contributed by atoms with Crippen LogP contribution in [0.25, 0.3) is 11.5 Å². The number of amides is 1. The molecule has 2 fully saturated rings. The summed E-state index contributed by atoms with van der Waals surface area (Å²) in [4.78, 5) is 14.7. The van der Waals surface area contributed by atoms with E-state index in [1.165, 1.54) is 11.8 Å². The second-order valence-corrected chi connectivity index (χ2v) is 7.16.